The van der Waals surface area contributed by atoms with Crippen molar-refractivity contribution in [2.75, 3.05) is 5.32 Å². The first-order valence-electron chi connectivity index (χ1n) is 7.23. The Morgan fingerprint density at radius 1 is 1.04 bits per heavy atom. The van der Waals surface area contributed by atoms with E-state index in [1.165, 1.54) is 5.56 Å². The van der Waals surface area contributed by atoms with Crippen molar-refractivity contribution in [2.45, 2.75) is 32.7 Å². The van der Waals surface area contributed by atoms with Gasteiger partial charge in [0.25, 0.3) is 0 Å². The van der Waals surface area contributed by atoms with Crippen molar-refractivity contribution in [3.05, 3.63) is 65.2 Å². The lowest BCUT2D eigenvalue weighted by Gasteiger charge is -2.13. The summed E-state index contributed by atoms with van der Waals surface area (Å²) in [6, 6.07) is 15.6. The zero-order valence-corrected chi connectivity index (χ0v) is 15.0. The van der Waals surface area contributed by atoms with E-state index < -0.39 is 6.04 Å². The Morgan fingerprint density at radius 3 is 2.17 bits per heavy atom. The molecule has 0 aliphatic rings. The molecule has 0 radical (unpaired) electrons. The second kappa shape index (κ2) is 10.3. The number of carbonyl (C=O) groups is 1. The van der Waals surface area contributed by atoms with Gasteiger partial charge in [-0.05, 0) is 55.5 Å². The lowest BCUT2D eigenvalue weighted by molar-refractivity contribution is -0.117. The van der Waals surface area contributed by atoms with Crippen molar-refractivity contribution in [3.63, 3.8) is 0 Å². The van der Waals surface area contributed by atoms with Gasteiger partial charge in [-0.15, -0.1) is 24.8 Å². The molecule has 0 saturated heterocycles. The van der Waals surface area contributed by atoms with E-state index in [0.29, 0.717) is 6.42 Å². The average Bonchev–Trinajstić information content (AvgIpc) is 2.44. The number of halogens is 2. The van der Waals surface area contributed by atoms with Crippen LogP contribution in [0.4, 0.5) is 5.69 Å². The van der Waals surface area contributed by atoms with Crippen LogP contribution < -0.4 is 11.1 Å². The van der Waals surface area contributed by atoms with Crippen LogP contribution in [0.25, 0.3) is 0 Å². The third-order valence-corrected chi connectivity index (χ3v) is 3.41. The Hall–Kier alpha value is -1.55. The third kappa shape index (κ3) is 7.04. The molecule has 0 aliphatic heterocycles. The summed E-state index contributed by atoms with van der Waals surface area (Å²) in [7, 11) is 0. The Bertz CT molecular complexity index is 597. The molecular formula is C18H24Cl2N2O. The molecule has 2 aromatic carbocycles. The van der Waals surface area contributed by atoms with Crippen LogP contribution in [0.1, 0.15) is 23.1 Å². The summed E-state index contributed by atoms with van der Waals surface area (Å²) in [5.74, 6) is -0.129. The highest BCUT2D eigenvalue weighted by Crippen LogP contribution is 2.14. The van der Waals surface area contributed by atoms with Crippen molar-refractivity contribution in [3.8, 4) is 0 Å². The van der Waals surface area contributed by atoms with Crippen LogP contribution in [-0.4, -0.2) is 11.9 Å². The van der Waals surface area contributed by atoms with Gasteiger partial charge in [0.15, 0.2) is 0 Å². The Labute approximate surface area is 150 Å². The number of hydrogen-bond acceptors (Lipinski definition) is 2. The Kier molecular flexibility index (Phi) is 9.58. The lowest BCUT2D eigenvalue weighted by Crippen LogP contribution is -2.36. The maximum Gasteiger partial charge on any atom is 0.241 e. The van der Waals surface area contributed by atoms with Gasteiger partial charge in [0.1, 0.15) is 0 Å². The minimum atomic E-state index is -0.494. The first-order valence-corrected chi connectivity index (χ1v) is 7.23. The highest BCUT2D eigenvalue weighted by Gasteiger charge is 2.13. The van der Waals surface area contributed by atoms with Crippen LogP contribution in [0.3, 0.4) is 0 Å². The number of hydrogen-bond donors (Lipinski definition) is 2. The third-order valence-electron chi connectivity index (χ3n) is 3.41. The van der Waals surface area contributed by atoms with Crippen LogP contribution >= 0.6 is 24.8 Å². The quantitative estimate of drug-likeness (QED) is 0.850. The molecule has 126 valence electrons. The van der Waals surface area contributed by atoms with E-state index in [0.717, 1.165) is 23.2 Å². The standard InChI is InChI=1S/C18H22N2O.2ClH/c1-13-10-14(2)12-16(11-13)20-18(21)17(19)9-8-15-6-4-3-5-7-15;;/h3-7,10-12,17H,8-9,19H2,1-2H3,(H,20,21);2*1H/t17-;;/m0../s1. The minimum Gasteiger partial charge on any atom is -0.325 e. The largest absolute Gasteiger partial charge is 0.325 e. The number of amides is 1. The number of nitrogens with two attached hydrogens (primary N) is 1. The van der Waals surface area contributed by atoms with E-state index in [1.54, 1.807) is 0 Å². The van der Waals surface area contributed by atoms with Crippen LogP contribution in [-0.2, 0) is 11.2 Å². The highest BCUT2D eigenvalue weighted by molar-refractivity contribution is 5.94. The van der Waals surface area contributed by atoms with Crippen molar-refractivity contribution in [1.82, 2.24) is 0 Å². The fraction of sp³-hybridized carbons (Fsp3) is 0.278. The summed E-state index contributed by atoms with van der Waals surface area (Å²) < 4.78 is 0. The highest BCUT2D eigenvalue weighted by atomic mass is 35.5. The molecule has 1 atom stereocenters. The monoisotopic (exact) mass is 354 g/mol. The molecule has 0 unspecified atom stereocenters. The number of aryl methyl sites for hydroxylation is 3. The maximum absolute atomic E-state index is 12.1. The van der Waals surface area contributed by atoms with Gasteiger partial charge in [-0.3, -0.25) is 4.79 Å². The van der Waals surface area contributed by atoms with E-state index in [9.17, 15) is 4.79 Å². The molecule has 23 heavy (non-hydrogen) atoms. The Balaban J connectivity index is 0.00000242. The number of benzene rings is 2. The normalized spacial score (nSPS) is 10.9. The molecule has 0 fully saturated rings. The summed E-state index contributed by atoms with van der Waals surface area (Å²) in [4.78, 5) is 12.1. The first kappa shape index (κ1) is 21.4. The minimum absolute atomic E-state index is 0. The number of nitrogens with one attached hydrogen (secondary N) is 1. The average molecular weight is 355 g/mol. The second-order valence-electron chi connectivity index (χ2n) is 5.50. The fourth-order valence-electron chi connectivity index (χ4n) is 2.38. The van der Waals surface area contributed by atoms with E-state index in [1.807, 2.05) is 44.2 Å². The topological polar surface area (TPSA) is 55.1 Å². The van der Waals surface area contributed by atoms with Crippen molar-refractivity contribution >= 4 is 36.4 Å². The molecule has 5 heteroatoms. The van der Waals surface area contributed by atoms with Crippen molar-refractivity contribution < 1.29 is 4.79 Å². The summed E-state index contributed by atoms with van der Waals surface area (Å²) in [5, 5.41) is 2.90. The molecule has 0 heterocycles. The Morgan fingerprint density at radius 2 is 1.61 bits per heavy atom. The maximum atomic E-state index is 12.1. The van der Waals surface area contributed by atoms with Crippen LogP contribution in [0, 0.1) is 13.8 Å². The molecule has 0 aliphatic carbocycles. The number of anilines is 1. The van der Waals surface area contributed by atoms with E-state index in [4.69, 9.17) is 5.73 Å². The predicted octanol–water partition coefficient (Wildman–Crippen LogP) is 4.05. The van der Waals surface area contributed by atoms with Gasteiger partial charge in [0.2, 0.25) is 5.91 Å². The molecule has 0 spiro atoms. The fourth-order valence-corrected chi connectivity index (χ4v) is 2.38. The first-order chi connectivity index (χ1) is 10.0. The summed E-state index contributed by atoms with van der Waals surface area (Å²) in [6.45, 7) is 4.02. The predicted molar refractivity (Wildman–Crippen MR) is 102 cm³/mol. The van der Waals surface area contributed by atoms with E-state index in [2.05, 4.69) is 23.5 Å². The molecule has 3 N–H and O–H groups in total. The van der Waals surface area contributed by atoms with Gasteiger partial charge >= 0.3 is 0 Å². The van der Waals surface area contributed by atoms with Gasteiger partial charge < -0.3 is 11.1 Å². The summed E-state index contributed by atoms with van der Waals surface area (Å²) >= 11 is 0. The van der Waals surface area contributed by atoms with Gasteiger partial charge in [-0.1, -0.05) is 36.4 Å². The number of rotatable bonds is 5. The summed E-state index contributed by atoms with van der Waals surface area (Å²) in [6.07, 6.45) is 1.45. The van der Waals surface area contributed by atoms with E-state index in [-0.39, 0.29) is 30.7 Å². The molecule has 3 nitrogen and oxygen atoms in total. The zero-order valence-electron chi connectivity index (χ0n) is 13.4. The van der Waals surface area contributed by atoms with Crippen LogP contribution in [0.15, 0.2) is 48.5 Å². The molecule has 0 bridgehead atoms. The molecule has 2 aromatic rings. The van der Waals surface area contributed by atoms with E-state index >= 15 is 0 Å². The van der Waals surface area contributed by atoms with Gasteiger partial charge in [0.05, 0.1) is 6.04 Å². The lowest BCUT2D eigenvalue weighted by atomic mass is 10.1. The van der Waals surface area contributed by atoms with Gasteiger partial charge in [0, 0.05) is 5.69 Å². The molecule has 0 aromatic heterocycles. The summed E-state index contributed by atoms with van der Waals surface area (Å²) in [5.41, 5.74) is 10.2. The second-order valence-corrected chi connectivity index (χ2v) is 5.50. The van der Waals surface area contributed by atoms with Crippen molar-refractivity contribution in [2.24, 2.45) is 5.73 Å². The van der Waals surface area contributed by atoms with Gasteiger partial charge in [-0.25, -0.2) is 0 Å². The van der Waals surface area contributed by atoms with Crippen molar-refractivity contribution in [1.29, 1.82) is 0 Å². The van der Waals surface area contributed by atoms with Crippen LogP contribution in [0.5, 0.6) is 0 Å². The number of carbonyl (C=O) groups excluding carboxylic acids is 1. The molecule has 1 amide bonds. The zero-order chi connectivity index (χ0) is 15.2. The molecule has 0 saturated carbocycles. The smallest absolute Gasteiger partial charge is 0.241 e. The molecular weight excluding hydrogens is 331 g/mol. The van der Waals surface area contributed by atoms with Crippen LogP contribution in [0.2, 0.25) is 0 Å². The SMILES string of the molecule is Cc1cc(C)cc(NC(=O)[C@@H](N)CCc2ccccc2)c1.Cl.Cl. The molecule has 2 rings (SSSR count). The van der Waals surface area contributed by atoms with Gasteiger partial charge in [-0.2, -0.15) is 0 Å².